The summed E-state index contributed by atoms with van der Waals surface area (Å²) in [6.45, 7) is -1.14. The third-order valence-corrected chi connectivity index (χ3v) is 5.08. The molecular weight excluding hydrogens is 454 g/mol. The van der Waals surface area contributed by atoms with Crippen LogP contribution in [0.3, 0.4) is 0 Å². The van der Waals surface area contributed by atoms with Gasteiger partial charge in [-0.1, -0.05) is 36.4 Å². The normalized spacial score (nSPS) is 23.9. The molecule has 0 radical (unpaired) electrons. The topological polar surface area (TPSA) is 117 Å². The Morgan fingerprint density at radius 3 is 2.15 bits per heavy atom. The molecule has 0 amide bonds. The van der Waals surface area contributed by atoms with Gasteiger partial charge in [0.15, 0.2) is 25.1 Å². The van der Waals surface area contributed by atoms with Crippen LogP contribution in [0, 0.1) is 0 Å². The van der Waals surface area contributed by atoms with Gasteiger partial charge in [-0.15, -0.1) is 0 Å². The van der Waals surface area contributed by atoms with E-state index in [0.717, 1.165) is 12.3 Å². The molecule has 3 aromatic rings. The van der Waals surface area contributed by atoms with Crippen molar-refractivity contribution in [3.63, 3.8) is 0 Å². The van der Waals surface area contributed by atoms with Gasteiger partial charge in [0.25, 0.3) is 11.4 Å². The zero-order valence-electron chi connectivity index (χ0n) is 17.4. The lowest BCUT2D eigenvalue weighted by molar-refractivity contribution is -0.208. The van der Waals surface area contributed by atoms with Crippen LogP contribution in [0.15, 0.2) is 82.5 Å². The third-order valence-electron chi connectivity index (χ3n) is 5.08. The number of alkyl halides is 2. The van der Waals surface area contributed by atoms with Crippen LogP contribution >= 0.6 is 0 Å². The Labute approximate surface area is 190 Å². The highest BCUT2D eigenvalue weighted by atomic mass is 19.2. The third kappa shape index (κ3) is 4.64. The number of benzene rings is 2. The van der Waals surface area contributed by atoms with Crippen LogP contribution < -0.4 is 11.2 Å². The largest absolute Gasteiger partial charge is 0.456 e. The number of esters is 2. The zero-order valence-corrected chi connectivity index (χ0v) is 17.4. The van der Waals surface area contributed by atoms with Gasteiger partial charge in [-0.05, 0) is 24.3 Å². The van der Waals surface area contributed by atoms with Gasteiger partial charge in [-0.3, -0.25) is 14.3 Å². The maximum absolute atomic E-state index is 15.9. The number of nitrogens with zero attached hydrogens (tertiary/aromatic N) is 1. The molecule has 0 unspecified atom stereocenters. The second-order valence-electron chi connectivity index (χ2n) is 7.39. The Bertz CT molecular complexity index is 1300. The zero-order chi connectivity index (χ0) is 24.3. The summed E-state index contributed by atoms with van der Waals surface area (Å²) in [6, 6.07) is 16.0. The number of nitrogens with one attached hydrogen (secondary N) is 1. The highest BCUT2D eigenvalue weighted by Gasteiger charge is 2.61. The molecule has 1 aliphatic rings. The minimum absolute atomic E-state index is 0.0167. The van der Waals surface area contributed by atoms with Crippen molar-refractivity contribution in [1.82, 2.24) is 9.55 Å². The summed E-state index contributed by atoms with van der Waals surface area (Å²) in [5.74, 6) is -5.12. The number of carbonyl (C=O) groups is 2. The number of halogens is 2. The van der Waals surface area contributed by atoms with Crippen molar-refractivity contribution in [2.45, 2.75) is 24.4 Å². The van der Waals surface area contributed by atoms with Crippen molar-refractivity contribution in [2.75, 3.05) is 6.61 Å². The molecule has 4 rings (SSSR count). The van der Waals surface area contributed by atoms with Crippen LogP contribution in [0.1, 0.15) is 26.9 Å². The predicted octanol–water partition coefficient (Wildman–Crippen LogP) is 2.15. The molecule has 4 atom stereocenters. The molecule has 1 saturated heterocycles. The number of ether oxygens (including phenoxy) is 3. The number of hydrogen-bond donors (Lipinski definition) is 1. The summed E-state index contributed by atoms with van der Waals surface area (Å²) in [4.78, 5) is 50.2. The Balaban J connectivity index is 1.62. The van der Waals surface area contributed by atoms with Crippen LogP contribution in [0.2, 0.25) is 0 Å². The van der Waals surface area contributed by atoms with E-state index >= 15 is 8.78 Å². The molecule has 11 heteroatoms. The summed E-state index contributed by atoms with van der Waals surface area (Å²) in [7, 11) is 0. The summed E-state index contributed by atoms with van der Waals surface area (Å²) in [5, 5.41) is 0. The van der Waals surface area contributed by atoms with Gasteiger partial charge < -0.3 is 14.2 Å². The number of H-pyrrole nitrogens is 1. The van der Waals surface area contributed by atoms with Gasteiger partial charge in [0.05, 0.1) is 11.1 Å². The van der Waals surface area contributed by atoms with Gasteiger partial charge in [-0.2, -0.15) is 0 Å². The van der Waals surface area contributed by atoms with E-state index in [1.54, 1.807) is 24.3 Å². The van der Waals surface area contributed by atoms with Crippen LogP contribution in [0.4, 0.5) is 8.78 Å². The van der Waals surface area contributed by atoms with E-state index in [2.05, 4.69) is 0 Å². The van der Waals surface area contributed by atoms with E-state index < -0.39 is 54.2 Å². The Morgan fingerprint density at radius 2 is 1.56 bits per heavy atom. The Morgan fingerprint density at radius 1 is 0.971 bits per heavy atom. The van der Waals surface area contributed by atoms with E-state index in [9.17, 15) is 19.2 Å². The van der Waals surface area contributed by atoms with Crippen molar-refractivity contribution in [3.8, 4) is 0 Å². The van der Waals surface area contributed by atoms with Gasteiger partial charge in [0.1, 0.15) is 0 Å². The lowest BCUT2D eigenvalue weighted by Gasteiger charge is -2.25. The molecule has 0 saturated carbocycles. The second kappa shape index (κ2) is 9.40. The number of rotatable bonds is 6. The minimum atomic E-state index is -3.14. The minimum Gasteiger partial charge on any atom is -0.456 e. The monoisotopic (exact) mass is 472 g/mol. The molecule has 0 spiro atoms. The van der Waals surface area contributed by atoms with Crippen molar-refractivity contribution in [2.24, 2.45) is 0 Å². The van der Waals surface area contributed by atoms with Gasteiger partial charge in [0, 0.05) is 12.3 Å². The van der Waals surface area contributed by atoms with Gasteiger partial charge in [0.2, 0.25) is 0 Å². The first-order valence-electron chi connectivity index (χ1n) is 10.1. The summed E-state index contributed by atoms with van der Waals surface area (Å²) in [5.41, 5.74) is -1.71. The highest BCUT2D eigenvalue weighted by molar-refractivity contribution is 5.90. The van der Waals surface area contributed by atoms with E-state index in [1.165, 1.54) is 36.4 Å². The average Bonchev–Trinajstić information content (AvgIpc) is 3.09. The molecule has 1 aliphatic heterocycles. The molecule has 1 aromatic heterocycles. The van der Waals surface area contributed by atoms with E-state index in [4.69, 9.17) is 14.2 Å². The smallest absolute Gasteiger partial charge is 0.338 e. The number of aromatic nitrogens is 2. The molecule has 176 valence electrons. The van der Waals surface area contributed by atoms with Crippen LogP contribution in [0.25, 0.3) is 0 Å². The van der Waals surface area contributed by atoms with Crippen molar-refractivity contribution < 1.29 is 32.6 Å². The van der Waals surface area contributed by atoms with E-state index in [0.29, 0.717) is 4.57 Å². The molecule has 1 fully saturated rings. The first-order valence-corrected chi connectivity index (χ1v) is 10.1. The lowest BCUT2D eigenvalue weighted by atomic mass is 10.1. The molecule has 1 N–H and O–H groups in total. The van der Waals surface area contributed by atoms with Gasteiger partial charge in [-0.25, -0.2) is 23.2 Å². The fourth-order valence-electron chi connectivity index (χ4n) is 3.41. The standard InChI is InChI=1S/C23H18F2N2O7/c24-17-18(33-21(30)15-9-5-2-6-10-15)23(25,13-32-20(29)14-7-3-1-4-8-14)34-19(17)27-12-11-16(28)26-22(27)31/h1-12,17-19H,13H2,(H,26,28,31)/t17-,18+,19+,23+/m0/s1. The molecule has 0 aliphatic carbocycles. The lowest BCUT2D eigenvalue weighted by Crippen LogP contribution is -2.45. The summed E-state index contributed by atoms with van der Waals surface area (Å²) in [6.07, 6.45) is -5.60. The van der Waals surface area contributed by atoms with Crippen molar-refractivity contribution >= 4 is 11.9 Å². The highest BCUT2D eigenvalue weighted by Crippen LogP contribution is 2.42. The SMILES string of the molecule is O=C(OC[C@@]1(F)O[C@@H](n2ccc(=O)[nH]c2=O)[C@@H](F)[C@H]1OC(=O)c1ccccc1)c1ccccc1. The fourth-order valence-corrected chi connectivity index (χ4v) is 3.41. The predicted molar refractivity (Wildman–Crippen MR) is 113 cm³/mol. The van der Waals surface area contributed by atoms with E-state index in [1.807, 2.05) is 4.98 Å². The number of aromatic amines is 1. The molecular formula is C23H18F2N2O7. The van der Waals surface area contributed by atoms with E-state index in [-0.39, 0.29) is 11.1 Å². The quantitative estimate of drug-likeness (QED) is 0.547. The molecule has 0 bridgehead atoms. The fraction of sp³-hybridized carbons (Fsp3) is 0.217. The maximum atomic E-state index is 15.9. The van der Waals surface area contributed by atoms with Crippen LogP contribution in [-0.2, 0) is 14.2 Å². The molecule has 2 aromatic carbocycles. The van der Waals surface area contributed by atoms with Crippen LogP contribution in [0.5, 0.6) is 0 Å². The summed E-state index contributed by atoms with van der Waals surface area (Å²) >= 11 is 0. The first kappa shape index (κ1) is 23.1. The molecule has 9 nitrogen and oxygen atoms in total. The maximum Gasteiger partial charge on any atom is 0.338 e. The number of hydrogen-bond acceptors (Lipinski definition) is 7. The van der Waals surface area contributed by atoms with Gasteiger partial charge >= 0.3 is 17.6 Å². The second-order valence-corrected chi connectivity index (χ2v) is 7.39. The average molecular weight is 472 g/mol. The Hall–Kier alpha value is -4.12. The first-order chi connectivity index (χ1) is 16.3. The van der Waals surface area contributed by atoms with Crippen molar-refractivity contribution in [1.29, 1.82) is 0 Å². The van der Waals surface area contributed by atoms with Crippen molar-refractivity contribution in [3.05, 3.63) is 105 Å². The molecule has 34 heavy (non-hydrogen) atoms. The number of carbonyl (C=O) groups excluding carboxylic acids is 2. The molecule has 2 heterocycles. The Kier molecular flexibility index (Phi) is 6.37. The summed E-state index contributed by atoms with van der Waals surface area (Å²) < 4.78 is 47.1. The van der Waals surface area contributed by atoms with Crippen LogP contribution in [-0.4, -0.2) is 46.2 Å².